The predicted octanol–water partition coefficient (Wildman–Crippen LogP) is 3.01. The summed E-state index contributed by atoms with van der Waals surface area (Å²) in [6.07, 6.45) is 0.322. The van der Waals surface area contributed by atoms with E-state index in [1.807, 2.05) is 55.5 Å². The van der Waals surface area contributed by atoms with E-state index < -0.39 is 6.10 Å². The number of aliphatic hydroxyl groups is 2. The number of benzene rings is 3. The van der Waals surface area contributed by atoms with E-state index in [1.165, 1.54) is 6.07 Å². The zero-order chi connectivity index (χ0) is 25.2. The van der Waals surface area contributed by atoms with Crippen LogP contribution in [0.4, 0.5) is 0 Å². The van der Waals surface area contributed by atoms with E-state index in [2.05, 4.69) is 10.6 Å². The SMILES string of the molecule is COc1ccccc1CNC(=O)Cc1ccc(C[C@@H](C)NC[C@H](O)c2ccc(O)c(CO)c2)cc1. The Morgan fingerprint density at radius 2 is 1.71 bits per heavy atom. The molecule has 3 aromatic rings. The fourth-order valence-corrected chi connectivity index (χ4v) is 3.88. The molecule has 0 saturated carbocycles. The van der Waals surface area contributed by atoms with Gasteiger partial charge in [-0.15, -0.1) is 0 Å². The molecule has 0 aliphatic carbocycles. The third-order valence-electron chi connectivity index (χ3n) is 5.92. The average Bonchev–Trinajstić information content (AvgIpc) is 2.87. The molecule has 0 bridgehead atoms. The number of rotatable bonds is 12. The highest BCUT2D eigenvalue weighted by Crippen LogP contribution is 2.22. The number of hydrogen-bond donors (Lipinski definition) is 5. The summed E-state index contributed by atoms with van der Waals surface area (Å²) in [5, 5.41) is 35.7. The molecule has 0 aromatic heterocycles. The van der Waals surface area contributed by atoms with Crippen LogP contribution in [0.15, 0.2) is 66.7 Å². The van der Waals surface area contributed by atoms with Crippen molar-refractivity contribution in [3.63, 3.8) is 0 Å². The number of hydrogen-bond acceptors (Lipinski definition) is 6. The van der Waals surface area contributed by atoms with Gasteiger partial charge in [0.2, 0.25) is 5.91 Å². The normalized spacial score (nSPS) is 12.7. The molecule has 0 unspecified atom stereocenters. The second kappa shape index (κ2) is 12.9. The Kier molecular flexibility index (Phi) is 9.66. The van der Waals surface area contributed by atoms with Gasteiger partial charge in [-0.3, -0.25) is 4.79 Å². The van der Waals surface area contributed by atoms with Crippen LogP contribution < -0.4 is 15.4 Å². The molecule has 3 rings (SSSR count). The van der Waals surface area contributed by atoms with Gasteiger partial charge in [-0.1, -0.05) is 48.5 Å². The molecule has 1 amide bonds. The van der Waals surface area contributed by atoms with Crippen LogP contribution in [0.25, 0.3) is 0 Å². The summed E-state index contributed by atoms with van der Waals surface area (Å²) >= 11 is 0. The number of carbonyl (C=O) groups excluding carboxylic acids is 1. The molecule has 0 fully saturated rings. The van der Waals surface area contributed by atoms with Crippen molar-refractivity contribution in [2.45, 2.75) is 45.1 Å². The van der Waals surface area contributed by atoms with Gasteiger partial charge in [0.1, 0.15) is 11.5 Å². The molecule has 0 aliphatic heterocycles. The minimum Gasteiger partial charge on any atom is -0.508 e. The summed E-state index contributed by atoms with van der Waals surface area (Å²) in [5.74, 6) is 0.721. The Bertz CT molecular complexity index is 1100. The summed E-state index contributed by atoms with van der Waals surface area (Å²) in [7, 11) is 1.62. The molecule has 2 atom stereocenters. The van der Waals surface area contributed by atoms with E-state index in [9.17, 15) is 20.1 Å². The van der Waals surface area contributed by atoms with Crippen molar-refractivity contribution in [1.82, 2.24) is 10.6 Å². The zero-order valence-electron chi connectivity index (χ0n) is 20.2. The van der Waals surface area contributed by atoms with Gasteiger partial charge < -0.3 is 30.7 Å². The smallest absolute Gasteiger partial charge is 0.224 e. The molecule has 0 spiro atoms. The largest absolute Gasteiger partial charge is 0.508 e. The Morgan fingerprint density at radius 1 is 1.00 bits per heavy atom. The lowest BCUT2D eigenvalue weighted by molar-refractivity contribution is -0.120. The monoisotopic (exact) mass is 478 g/mol. The second-order valence-electron chi connectivity index (χ2n) is 8.66. The van der Waals surface area contributed by atoms with Gasteiger partial charge >= 0.3 is 0 Å². The van der Waals surface area contributed by atoms with Gasteiger partial charge in [0.15, 0.2) is 0 Å². The molecule has 5 N–H and O–H groups in total. The van der Waals surface area contributed by atoms with Crippen LogP contribution in [0.2, 0.25) is 0 Å². The molecule has 0 aliphatic rings. The number of nitrogens with one attached hydrogen (secondary N) is 2. The van der Waals surface area contributed by atoms with Gasteiger partial charge in [0.05, 0.1) is 26.2 Å². The first-order chi connectivity index (χ1) is 16.9. The summed E-state index contributed by atoms with van der Waals surface area (Å²) in [4.78, 5) is 12.4. The Morgan fingerprint density at radius 3 is 2.43 bits per heavy atom. The van der Waals surface area contributed by atoms with E-state index >= 15 is 0 Å². The number of para-hydroxylation sites is 1. The van der Waals surface area contributed by atoms with Crippen molar-refractivity contribution in [2.75, 3.05) is 13.7 Å². The number of aromatic hydroxyl groups is 1. The maximum atomic E-state index is 12.4. The Hall–Kier alpha value is -3.39. The first-order valence-electron chi connectivity index (χ1n) is 11.7. The van der Waals surface area contributed by atoms with E-state index in [0.29, 0.717) is 30.6 Å². The van der Waals surface area contributed by atoms with Crippen molar-refractivity contribution in [3.8, 4) is 11.5 Å². The highest BCUT2D eigenvalue weighted by Gasteiger charge is 2.13. The molecule has 0 saturated heterocycles. The fraction of sp³-hybridized carbons (Fsp3) is 0.321. The second-order valence-corrected chi connectivity index (χ2v) is 8.66. The van der Waals surface area contributed by atoms with Crippen molar-refractivity contribution >= 4 is 5.91 Å². The maximum absolute atomic E-state index is 12.4. The van der Waals surface area contributed by atoms with Crippen LogP contribution >= 0.6 is 0 Å². The molecule has 0 radical (unpaired) electrons. The van der Waals surface area contributed by atoms with Gasteiger partial charge in [-0.25, -0.2) is 0 Å². The zero-order valence-corrected chi connectivity index (χ0v) is 20.2. The highest BCUT2D eigenvalue weighted by molar-refractivity contribution is 5.78. The number of amides is 1. The number of methoxy groups -OCH3 is 1. The standard InChI is InChI=1S/C28H34N2O5/c1-19(29-17-26(33)22-11-12-25(32)24(15-22)18-31)13-20-7-9-21(10-8-20)14-28(34)30-16-23-5-3-4-6-27(23)35-2/h3-12,15,19,26,29,31-33H,13-14,16-18H2,1-2H3,(H,30,34)/t19-,26+/m1/s1. The lowest BCUT2D eigenvalue weighted by Gasteiger charge is -2.18. The van der Waals surface area contributed by atoms with Gasteiger partial charge in [0.25, 0.3) is 0 Å². The number of ether oxygens (including phenoxy) is 1. The van der Waals surface area contributed by atoms with E-state index in [4.69, 9.17) is 4.74 Å². The molecule has 35 heavy (non-hydrogen) atoms. The molecule has 3 aromatic carbocycles. The lowest BCUT2D eigenvalue weighted by atomic mass is 10.0. The van der Waals surface area contributed by atoms with Crippen LogP contribution in [-0.2, 0) is 30.8 Å². The molecular weight excluding hydrogens is 444 g/mol. The number of aliphatic hydroxyl groups excluding tert-OH is 2. The third kappa shape index (κ3) is 7.82. The maximum Gasteiger partial charge on any atom is 0.224 e. The van der Waals surface area contributed by atoms with Crippen LogP contribution in [-0.4, -0.2) is 40.9 Å². The predicted molar refractivity (Wildman–Crippen MR) is 135 cm³/mol. The van der Waals surface area contributed by atoms with Crippen LogP contribution in [0.3, 0.4) is 0 Å². The number of carbonyl (C=O) groups is 1. The van der Waals surface area contributed by atoms with Crippen LogP contribution in [0.5, 0.6) is 11.5 Å². The molecule has 7 heteroatoms. The van der Waals surface area contributed by atoms with Crippen molar-refractivity contribution in [1.29, 1.82) is 0 Å². The summed E-state index contributed by atoms with van der Waals surface area (Å²) < 4.78 is 5.32. The third-order valence-corrected chi connectivity index (χ3v) is 5.92. The molecule has 7 nitrogen and oxygen atoms in total. The van der Waals surface area contributed by atoms with Gasteiger partial charge in [0, 0.05) is 30.3 Å². The Balaban J connectivity index is 1.44. The first kappa shape index (κ1) is 26.2. The first-order valence-corrected chi connectivity index (χ1v) is 11.7. The lowest BCUT2D eigenvalue weighted by Crippen LogP contribution is -2.32. The topological polar surface area (TPSA) is 111 Å². The van der Waals surface area contributed by atoms with Crippen molar-refractivity contribution in [2.24, 2.45) is 0 Å². The average molecular weight is 479 g/mol. The van der Waals surface area contributed by atoms with Crippen LogP contribution in [0.1, 0.15) is 40.8 Å². The summed E-state index contributed by atoms with van der Waals surface area (Å²) in [5.41, 5.74) is 4.03. The fourth-order valence-electron chi connectivity index (χ4n) is 3.88. The minimum atomic E-state index is -0.750. The van der Waals surface area contributed by atoms with E-state index in [0.717, 1.165) is 28.9 Å². The van der Waals surface area contributed by atoms with Gasteiger partial charge in [-0.05, 0) is 48.2 Å². The summed E-state index contributed by atoms with van der Waals surface area (Å²) in [6.45, 7) is 2.53. The van der Waals surface area contributed by atoms with Crippen LogP contribution in [0, 0.1) is 0 Å². The minimum absolute atomic E-state index is 0.0159. The molecule has 0 heterocycles. The van der Waals surface area contributed by atoms with E-state index in [1.54, 1.807) is 19.2 Å². The quantitative estimate of drug-likeness (QED) is 0.274. The van der Waals surface area contributed by atoms with Crippen molar-refractivity contribution < 1.29 is 24.9 Å². The Labute approximate surface area is 206 Å². The molecular formula is C28H34N2O5. The number of phenols is 1. The van der Waals surface area contributed by atoms with Gasteiger partial charge in [-0.2, -0.15) is 0 Å². The highest BCUT2D eigenvalue weighted by atomic mass is 16.5. The summed E-state index contributed by atoms with van der Waals surface area (Å²) in [6, 6.07) is 20.4. The van der Waals surface area contributed by atoms with E-state index in [-0.39, 0.29) is 24.3 Å². The molecule has 186 valence electrons. The van der Waals surface area contributed by atoms with Crippen molar-refractivity contribution in [3.05, 3.63) is 94.5 Å².